The van der Waals surface area contributed by atoms with E-state index < -0.39 is 0 Å². The summed E-state index contributed by atoms with van der Waals surface area (Å²) in [5.74, 6) is 0. The van der Waals surface area contributed by atoms with E-state index in [1.807, 2.05) is 11.3 Å². The first kappa shape index (κ1) is 23.7. The van der Waals surface area contributed by atoms with Crippen molar-refractivity contribution in [3.8, 4) is 0 Å². The highest BCUT2D eigenvalue weighted by atomic mass is 32.1. The lowest BCUT2D eigenvalue weighted by molar-refractivity contribution is 0.523. The van der Waals surface area contributed by atoms with Crippen LogP contribution in [-0.2, 0) is 6.42 Å². The van der Waals surface area contributed by atoms with Gasteiger partial charge < -0.3 is 0 Å². The molecule has 0 fully saturated rings. The molecule has 0 unspecified atom stereocenters. The molecule has 0 nitrogen and oxygen atoms in total. The van der Waals surface area contributed by atoms with Crippen molar-refractivity contribution in [3.05, 3.63) is 22.4 Å². The van der Waals surface area contributed by atoms with Gasteiger partial charge >= 0.3 is 0 Å². The Kier molecular flexibility index (Phi) is 17.8. The molecule has 0 saturated carbocycles. The molecule has 0 radical (unpaired) electrons. The van der Waals surface area contributed by atoms with Gasteiger partial charge in [0.25, 0.3) is 0 Å². The standard InChI is InChI=1S/C25H46S/c1-2-3-4-5-6-7-8-9-10-11-12-13-14-15-16-17-18-19-20-21-25-22-23-26-24-25/h22-24H,2-21H2,1H3. The normalized spacial score (nSPS) is 11.3. The fourth-order valence-corrected chi connectivity index (χ4v) is 4.55. The summed E-state index contributed by atoms with van der Waals surface area (Å²) < 4.78 is 0. The lowest BCUT2D eigenvalue weighted by Gasteiger charge is -2.04. The number of aryl methyl sites for hydroxylation is 1. The lowest BCUT2D eigenvalue weighted by atomic mass is 10.0. The van der Waals surface area contributed by atoms with Gasteiger partial charge in [0.2, 0.25) is 0 Å². The molecule has 1 aromatic heterocycles. The number of hydrogen-bond acceptors (Lipinski definition) is 1. The Morgan fingerprint density at radius 3 is 1.27 bits per heavy atom. The van der Waals surface area contributed by atoms with Crippen LogP contribution in [0.5, 0.6) is 0 Å². The highest BCUT2D eigenvalue weighted by Crippen LogP contribution is 2.15. The molecule has 0 bridgehead atoms. The van der Waals surface area contributed by atoms with E-state index in [4.69, 9.17) is 0 Å². The lowest BCUT2D eigenvalue weighted by Crippen LogP contribution is -1.85. The van der Waals surface area contributed by atoms with Crippen LogP contribution in [0.4, 0.5) is 0 Å². The molecule has 1 aromatic rings. The maximum absolute atomic E-state index is 2.30. The van der Waals surface area contributed by atoms with Crippen LogP contribution in [0.1, 0.15) is 134 Å². The molecular formula is C25H46S. The Bertz CT molecular complexity index is 354. The van der Waals surface area contributed by atoms with E-state index in [-0.39, 0.29) is 0 Å². The Labute approximate surface area is 169 Å². The van der Waals surface area contributed by atoms with Crippen molar-refractivity contribution < 1.29 is 0 Å². The van der Waals surface area contributed by atoms with Gasteiger partial charge in [-0.15, -0.1) is 0 Å². The van der Waals surface area contributed by atoms with Gasteiger partial charge in [0, 0.05) is 0 Å². The van der Waals surface area contributed by atoms with Crippen molar-refractivity contribution in [2.24, 2.45) is 0 Å². The molecule has 0 aliphatic carbocycles. The third-order valence-corrected chi connectivity index (χ3v) is 6.38. The molecule has 0 spiro atoms. The van der Waals surface area contributed by atoms with Gasteiger partial charge in [0.05, 0.1) is 0 Å². The topological polar surface area (TPSA) is 0 Å². The van der Waals surface area contributed by atoms with E-state index in [0.29, 0.717) is 0 Å². The van der Waals surface area contributed by atoms with E-state index in [0.717, 1.165) is 0 Å². The monoisotopic (exact) mass is 378 g/mol. The molecule has 26 heavy (non-hydrogen) atoms. The van der Waals surface area contributed by atoms with Gasteiger partial charge in [-0.3, -0.25) is 0 Å². The fraction of sp³-hybridized carbons (Fsp3) is 0.840. The molecule has 1 heterocycles. The maximum Gasteiger partial charge on any atom is -0.00613 e. The zero-order chi connectivity index (χ0) is 18.5. The molecule has 1 rings (SSSR count). The zero-order valence-corrected chi connectivity index (χ0v) is 18.6. The Morgan fingerprint density at radius 2 is 0.923 bits per heavy atom. The van der Waals surface area contributed by atoms with Crippen LogP contribution in [0.3, 0.4) is 0 Å². The zero-order valence-electron chi connectivity index (χ0n) is 17.8. The van der Waals surface area contributed by atoms with Crippen LogP contribution in [0, 0.1) is 0 Å². The minimum Gasteiger partial charge on any atom is -0.152 e. The summed E-state index contributed by atoms with van der Waals surface area (Å²) in [5.41, 5.74) is 1.54. The SMILES string of the molecule is CCCCCCCCCCCCCCCCCCCCCc1ccsc1. The molecule has 0 aromatic carbocycles. The molecule has 152 valence electrons. The average Bonchev–Trinajstić information content (AvgIpc) is 3.17. The van der Waals surface area contributed by atoms with Gasteiger partial charge in [0.1, 0.15) is 0 Å². The Balaban J connectivity index is 1.65. The smallest absolute Gasteiger partial charge is 0.00613 e. The minimum absolute atomic E-state index is 1.29. The van der Waals surface area contributed by atoms with Crippen LogP contribution in [0.25, 0.3) is 0 Å². The van der Waals surface area contributed by atoms with Crippen molar-refractivity contribution in [2.45, 2.75) is 135 Å². The first-order chi connectivity index (χ1) is 12.9. The highest BCUT2D eigenvalue weighted by molar-refractivity contribution is 7.07. The van der Waals surface area contributed by atoms with Crippen LogP contribution >= 0.6 is 11.3 Å². The highest BCUT2D eigenvalue weighted by Gasteiger charge is 1.96. The number of unbranched alkanes of at least 4 members (excludes halogenated alkanes) is 18. The second-order valence-corrected chi connectivity index (χ2v) is 9.03. The predicted molar refractivity (Wildman–Crippen MR) is 121 cm³/mol. The predicted octanol–water partition coefficient (Wildman–Crippen LogP) is 9.72. The average molecular weight is 379 g/mol. The van der Waals surface area contributed by atoms with Crippen molar-refractivity contribution >= 4 is 11.3 Å². The minimum atomic E-state index is 1.29. The summed E-state index contributed by atoms with van der Waals surface area (Å²) in [6.45, 7) is 2.30. The first-order valence-corrected chi connectivity index (χ1v) is 12.9. The largest absolute Gasteiger partial charge is 0.152 e. The van der Waals surface area contributed by atoms with E-state index in [1.165, 1.54) is 128 Å². The van der Waals surface area contributed by atoms with Gasteiger partial charge in [-0.05, 0) is 35.2 Å². The Hall–Kier alpha value is -0.300. The van der Waals surface area contributed by atoms with Crippen LogP contribution in [-0.4, -0.2) is 0 Å². The second kappa shape index (κ2) is 19.5. The summed E-state index contributed by atoms with van der Waals surface area (Å²) in [7, 11) is 0. The van der Waals surface area contributed by atoms with Crippen LogP contribution in [0.15, 0.2) is 16.8 Å². The molecule has 0 aliphatic rings. The quantitative estimate of drug-likeness (QED) is 0.198. The molecule has 0 aliphatic heterocycles. The third-order valence-electron chi connectivity index (χ3n) is 5.65. The number of hydrogen-bond donors (Lipinski definition) is 0. The second-order valence-electron chi connectivity index (χ2n) is 8.25. The Morgan fingerprint density at radius 1 is 0.538 bits per heavy atom. The first-order valence-electron chi connectivity index (χ1n) is 11.9. The van der Waals surface area contributed by atoms with E-state index in [1.54, 1.807) is 5.56 Å². The molecule has 0 N–H and O–H groups in total. The summed E-state index contributed by atoms with van der Waals surface area (Å²) in [6, 6.07) is 2.28. The molecular weight excluding hydrogens is 332 g/mol. The van der Waals surface area contributed by atoms with Crippen LogP contribution in [0.2, 0.25) is 0 Å². The van der Waals surface area contributed by atoms with E-state index in [9.17, 15) is 0 Å². The van der Waals surface area contributed by atoms with Gasteiger partial charge in [-0.2, -0.15) is 11.3 Å². The van der Waals surface area contributed by atoms with Crippen molar-refractivity contribution in [1.82, 2.24) is 0 Å². The summed E-state index contributed by atoms with van der Waals surface area (Å²) >= 11 is 1.83. The summed E-state index contributed by atoms with van der Waals surface area (Å²) in [5, 5.41) is 4.50. The summed E-state index contributed by atoms with van der Waals surface area (Å²) in [6.07, 6.45) is 29.0. The van der Waals surface area contributed by atoms with Crippen molar-refractivity contribution in [2.75, 3.05) is 0 Å². The summed E-state index contributed by atoms with van der Waals surface area (Å²) in [4.78, 5) is 0. The maximum atomic E-state index is 2.30. The van der Waals surface area contributed by atoms with Crippen molar-refractivity contribution in [3.63, 3.8) is 0 Å². The molecule has 0 amide bonds. The van der Waals surface area contributed by atoms with Gasteiger partial charge in [-0.1, -0.05) is 122 Å². The van der Waals surface area contributed by atoms with Crippen LogP contribution < -0.4 is 0 Å². The molecule has 0 atom stereocenters. The molecule has 1 heteroatoms. The molecule has 0 saturated heterocycles. The fourth-order valence-electron chi connectivity index (χ4n) is 3.84. The van der Waals surface area contributed by atoms with E-state index in [2.05, 4.69) is 23.8 Å². The number of thiophene rings is 1. The van der Waals surface area contributed by atoms with Crippen molar-refractivity contribution in [1.29, 1.82) is 0 Å². The third kappa shape index (κ3) is 15.9. The van der Waals surface area contributed by atoms with E-state index >= 15 is 0 Å². The van der Waals surface area contributed by atoms with Gasteiger partial charge in [0.15, 0.2) is 0 Å². The number of rotatable bonds is 20. The van der Waals surface area contributed by atoms with Gasteiger partial charge in [-0.25, -0.2) is 0 Å².